The van der Waals surface area contributed by atoms with Gasteiger partial charge in [0, 0.05) is 25.2 Å². The number of nitrogens with zero attached hydrogens (tertiary/aromatic N) is 3. The van der Waals surface area contributed by atoms with Gasteiger partial charge in [-0.25, -0.2) is 8.42 Å². The zero-order valence-corrected chi connectivity index (χ0v) is 20.9. The maximum absolute atomic E-state index is 13.4. The van der Waals surface area contributed by atoms with Crippen molar-refractivity contribution < 1.29 is 13.2 Å². The van der Waals surface area contributed by atoms with Gasteiger partial charge in [-0.3, -0.25) is 19.4 Å². The largest absolute Gasteiger partial charge is 0.335 e. The number of carbonyl (C=O) groups excluding carboxylic acids is 1. The Bertz CT molecular complexity index is 1250. The number of nitriles is 1. The second-order valence-electron chi connectivity index (χ2n) is 9.67. The normalized spacial score (nSPS) is 23.0. The van der Waals surface area contributed by atoms with Crippen molar-refractivity contribution in [2.45, 2.75) is 49.6 Å². The molecule has 0 radical (unpaired) electrons. The molecule has 2 N–H and O–H groups in total. The van der Waals surface area contributed by atoms with Crippen molar-refractivity contribution in [3.05, 3.63) is 65.7 Å². The van der Waals surface area contributed by atoms with Gasteiger partial charge in [0.25, 0.3) is 10.0 Å². The summed E-state index contributed by atoms with van der Waals surface area (Å²) < 4.78 is 27.4. The van der Waals surface area contributed by atoms with Crippen LogP contribution < -0.4 is 10.0 Å². The van der Waals surface area contributed by atoms with Crippen molar-refractivity contribution in [2.24, 2.45) is 10.9 Å². The zero-order chi connectivity index (χ0) is 25.1. The fourth-order valence-corrected chi connectivity index (χ4v) is 5.84. The van der Waals surface area contributed by atoms with E-state index in [1.54, 1.807) is 18.2 Å². The fourth-order valence-electron chi connectivity index (χ4n) is 4.60. The summed E-state index contributed by atoms with van der Waals surface area (Å²) in [7, 11) is -3.70. The summed E-state index contributed by atoms with van der Waals surface area (Å²) >= 11 is 0. The van der Waals surface area contributed by atoms with E-state index in [-0.39, 0.29) is 22.6 Å². The van der Waals surface area contributed by atoms with Crippen molar-refractivity contribution in [1.82, 2.24) is 14.9 Å². The van der Waals surface area contributed by atoms with Crippen LogP contribution in [0.2, 0.25) is 0 Å². The minimum absolute atomic E-state index is 0.146. The Morgan fingerprint density at radius 1 is 1.20 bits per heavy atom. The van der Waals surface area contributed by atoms with E-state index in [2.05, 4.69) is 38.1 Å². The number of likely N-dealkylation sites (tertiary alicyclic amines) is 1. The first-order valence-electron chi connectivity index (χ1n) is 11.9. The van der Waals surface area contributed by atoms with Gasteiger partial charge in [-0.1, -0.05) is 56.3 Å². The molecule has 2 heterocycles. The van der Waals surface area contributed by atoms with E-state index in [1.165, 1.54) is 11.6 Å². The predicted octanol–water partition coefficient (Wildman–Crippen LogP) is 2.47. The Hall–Kier alpha value is -3.22. The Kier molecular flexibility index (Phi) is 7.24. The Labute approximate surface area is 207 Å². The maximum Gasteiger partial charge on any atom is 0.263 e. The first kappa shape index (κ1) is 24.9. The number of rotatable bonds is 8. The molecule has 2 atom stereocenters. The smallest absolute Gasteiger partial charge is 0.263 e. The number of hydrogen-bond acceptors (Lipinski definition) is 6. The number of amidine groups is 1. The van der Waals surface area contributed by atoms with Crippen LogP contribution in [0.15, 0.2) is 64.5 Å². The number of fused-ring (bicyclic) bond motifs is 1. The maximum atomic E-state index is 13.4. The van der Waals surface area contributed by atoms with Crippen LogP contribution in [0.25, 0.3) is 0 Å². The molecule has 2 aliphatic rings. The van der Waals surface area contributed by atoms with Gasteiger partial charge in [0.2, 0.25) is 5.91 Å². The summed E-state index contributed by atoms with van der Waals surface area (Å²) in [5.74, 6) is -0.0445. The van der Waals surface area contributed by atoms with E-state index in [9.17, 15) is 18.5 Å². The highest BCUT2D eigenvalue weighted by molar-refractivity contribution is 7.90. The van der Waals surface area contributed by atoms with Crippen molar-refractivity contribution in [3.63, 3.8) is 0 Å². The quantitative estimate of drug-likeness (QED) is 0.586. The van der Waals surface area contributed by atoms with Gasteiger partial charge in [-0.05, 0) is 42.9 Å². The molecule has 2 unspecified atom stereocenters. The summed E-state index contributed by atoms with van der Waals surface area (Å²) in [5.41, 5.74) is 0.700. The summed E-state index contributed by atoms with van der Waals surface area (Å²) in [6.45, 7) is 5.93. The van der Waals surface area contributed by atoms with Crippen molar-refractivity contribution in [1.29, 1.82) is 5.26 Å². The van der Waals surface area contributed by atoms with E-state index < -0.39 is 21.6 Å². The molecule has 0 aromatic heterocycles. The zero-order valence-electron chi connectivity index (χ0n) is 20.1. The number of aliphatic imine (C=N–C) groups is 1. The summed E-state index contributed by atoms with van der Waals surface area (Å²) in [5, 5.41) is 13.0. The van der Waals surface area contributed by atoms with Crippen molar-refractivity contribution in [2.75, 3.05) is 19.6 Å². The minimum atomic E-state index is -3.70. The van der Waals surface area contributed by atoms with E-state index >= 15 is 0 Å². The number of amides is 1. The van der Waals surface area contributed by atoms with Crippen molar-refractivity contribution >= 4 is 21.8 Å². The Morgan fingerprint density at radius 2 is 1.91 bits per heavy atom. The molecule has 0 spiro atoms. The summed E-state index contributed by atoms with van der Waals surface area (Å²) in [6, 6.07) is 18.3. The molecule has 8 nitrogen and oxygen atoms in total. The molecule has 1 amide bonds. The number of hydrogen-bond donors (Lipinski definition) is 2. The minimum Gasteiger partial charge on any atom is -0.335 e. The molecule has 0 saturated carbocycles. The number of carbonyl (C=O) groups is 1. The number of sulfonamides is 1. The van der Waals surface area contributed by atoms with Gasteiger partial charge in [0.1, 0.15) is 17.4 Å². The lowest BCUT2D eigenvalue weighted by molar-refractivity contribution is -0.123. The van der Waals surface area contributed by atoms with Crippen LogP contribution in [0.5, 0.6) is 0 Å². The lowest BCUT2D eigenvalue weighted by Crippen LogP contribution is -2.52. The van der Waals surface area contributed by atoms with Crippen LogP contribution in [-0.4, -0.2) is 56.3 Å². The topological polar surface area (TPSA) is 115 Å². The Balaban J connectivity index is 1.49. The molecule has 1 fully saturated rings. The highest BCUT2D eigenvalue weighted by atomic mass is 32.2. The lowest BCUT2D eigenvalue weighted by atomic mass is 9.98. The SMILES string of the molecule is CC(C)CC(N=C1NS(=O)(=O)c2ccccc21)C(=O)NC1(C#N)CCN(CCc2ccccc2)C1. The van der Waals surface area contributed by atoms with Crippen LogP contribution in [-0.2, 0) is 21.2 Å². The van der Waals surface area contributed by atoms with Crippen LogP contribution in [0.3, 0.4) is 0 Å². The molecule has 2 aromatic rings. The highest BCUT2D eigenvalue weighted by Gasteiger charge is 2.41. The van der Waals surface area contributed by atoms with E-state index in [0.29, 0.717) is 24.9 Å². The third kappa shape index (κ3) is 5.72. The first-order valence-corrected chi connectivity index (χ1v) is 13.4. The molecule has 35 heavy (non-hydrogen) atoms. The molecule has 2 aliphatic heterocycles. The Morgan fingerprint density at radius 3 is 2.63 bits per heavy atom. The molecule has 4 rings (SSSR count). The molecule has 9 heteroatoms. The standard InChI is InChI=1S/C26H31N5O3S/c1-19(2)16-22(28-24-21-10-6-7-11-23(21)35(33,34)30-24)25(32)29-26(17-27)13-15-31(18-26)14-12-20-8-4-3-5-9-20/h3-11,19,22H,12-16,18H2,1-2H3,(H,28,30)(H,29,32). The van der Waals surface area contributed by atoms with Crippen LogP contribution in [0, 0.1) is 17.2 Å². The molecule has 1 saturated heterocycles. The monoisotopic (exact) mass is 493 g/mol. The van der Waals surface area contributed by atoms with Gasteiger partial charge in [-0.2, -0.15) is 5.26 Å². The second kappa shape index (κ2) is 10.2. The van der Waals surface area contributed by atoms with E-state index in [0.717, 1.165) is 19.5 Å². The average molecular weight is 494 g/mol. The fraction of sp³-hybridized carbons (Fsp3) is 0.423. The van der Waals surface area contributed by atoms with Gasteiger partial charge in [0.05, 0.1) is 11.0 Å². The predicted molar refractivity (Wildman–Crippen MR) is 134 cm³/mol. The first-order chi connectivity index (χ1) is 16.7. The molecule has 0 bridgehead atoms. The average Bonchev–Trinajstić information content (AvgIpc) is 3.36. The molecule has 0 aliphatic carbocycles. The summed E-state index contributed by atoms with van der Waals surface area (Å²) in [6.07, 6.45) is 1.84. The number of nitrogens with one attached hydrogen (secondary N) is 2. The highest BCUT2D eigenvalue weighted by Crippen LogP contribution is 2.25. The lowest BCUT2D eigenvalue weighted by Gasteiger charge is -2.26. The second-order valence-corrected chi connectivity index (χ2v) is 11.3. The molecular formula is C26H31N5O3S. The van der Waals surface area contributed by atoms with Crippen molar-refractivity contribution in [3.8, 4) is 6.07 Å². The van der Waals surface area contributed by atoms with Crippen LogP contribution >= 0.6 is 0 Å². The molecule has 2 aromatic carbocycles. The van der Waals surface area contributed by atoms with E-state index in [1.807, 2.05) is 32.0 Å². The van der Waals surface area contributed by atoms with Crippen LogP contribution in [0.1, 0.15) is 37.8 Å². The van der Waals surface area contributed by atoms with Gasteiger partial charge < -0.3 is 5.32 Å². The molecular weight excluding hydrogens is 462 g/mol. The van der Waals surface area contributed by atoms with Crippen LogP contribution in [0.4, 0.5) is 0 Å². The van der Waals surface area contributed by atoms with Gasteiger partial charge >= 0.3 is 0 Å². The van der Waals surface area contributed by atoms with Gasteiger partial charge in [-0.15, -0.1) is 0 Å². The van der Waals surface area contributed by atoms with Gasteiger partial charge in [0.15, 0.2) is 0 Å². The number of benzene rings is 2. The van der Waals surface area contributed by atoms with E-state index in [4.69, 9.17) is 0 Å². The summed E-state index contributed by atoms with van der Waals surface area (Å²) in [4.78, 5) is 20.3. The third-order valence-electron chi connectivity index (χ3n) is 6.43. The molecule has 184 valence electrons. The third-order valence-corrected chi connectivity index (χ3v) is 7.83.